The summed E-state index contributed by atoms with van der Waals surface area (Å²) in [6.45, 7) is 1.60. The third-order valence-corrected chi connectivity index (χ3v) is 3.83. The summed E-state index contributed by atoms with van der Waals surface area (Å²) in [4.78, 5) is 18.1. The van der Waals surface area contributed by atoms with Crippen LogP contribution in [0, 0.1) is 11.8 Å². The maximum atomic E-state index is 11.7. The standard InChI is InChI=1S/C15H13N3OS/c19-14(7-6-12-4-2-1-3-5-12)17-13-10-18(11-13)15-16-8-9-20-15/h1-5,8-9,13H,10-11H2,(H,17,19). The molecule has 1 aromatic heterocycles. The fourth-order valence-electron chi connectivity index (χ4n) is 1.97. The summed E-state index contributed by atoms with van der Waals surface area (Å²) in [5.74, 6) is 5.24. The Balaban J connectivity index is 1.48. The normalized spacial score (nSPS) is 14.1. The molecule has 0 saturated carbocycles. The lowest BCUT2D eigenvalue weighted by Crippen LogP contribution is -2.59. The number of hydrogen-bond acceptors (Lipinski definition) is 4. The van der Waals surface area contributed by atoms with E-state index in [0.717, 1.165) is 23.8 Å². The minimum absolute atomic E-state index is 0.163. The van der Waals surface area contributed by atoms with Gasteiger partial charge in [-0.3, -0.25) is 4.79 Å². The fraction of sp³-hybridized carbons (Fsp3) is 0.200. The summed E-state index contributed by atoms with van der Waals surface area (Å²) in [7, 11) is 0. The molecule has 1 fully saturated rings. The average molecular weight is 283 g/mol. The monoisotopic (exact) mass is 283 g/mol. The number of amides is 1. The van der Waals surface area contributed by atoms with E-state index in [-0.39, 0.29) is 11.9 Å². The molecule has 2 heterocycles. The molecule has 5 heteroatoms. The molecule has 1 aromatic carbocycles. The quantitative estimate of drug-likeness (QED) is 0.850. The van der Waals surface area contributed by atoms with Gasteiger partial charge in [0.15, 0.2) is 5.13 Å². The highest BCUT2D eigenvalue weighted by molar-refractivity contribution is 7.13. The topological polar surface area (TPSA) is 45.2 Å². The number of hydrogen-bond donors (Lipinski definition) is 1. The zero-order chi connectivity index (χ0) is 13.8. The zero-order valence-electron chi connectivity index (χ0n) is 10.7. The van der Waals surface area contributed by atoms with Crippen molar-refractivity contribution < 1.29 is 4.79 Å². The first kappa shape index (κ1) is 12.7. The summed E-state index contributed by atoms with van der Waals surface area (Å²) in [6.07, 6.45) is 1.79. The van der Waals surface area contributed by atoms with Crippen LogP contribution in [-0.4, -0.2) is 30.0 Å². The smallest absolute Gasteiger partial charge is 0.296 e. The lowest BCUT2D eigenvalue weighted by atomic mass is 10.1. The molecule has 0 spiro atoms. The van der Waals surface area contributed by atoms with E-state index in [1.807, 2.05) is 35.7 Å². The molecule has 3 rings (SSSR count). The van der Waals surface area contributed by atoms with Gasteiger partial charge in [-0.05, 0) is 12.1 Å². The zero-order valence-corrected chi connectivity index (χ0v) is 11.6. The van der Waals surface area contributed by atoms with Gasteiger partial charge in [0, 0.05) is 36.2 Å². The number of carbonyl (C=O) groups is 1. The summed E-state index contributed by atoms with van der Waals surface area (Å²) in [5.41, 5.74) is 0.848. The van der Waals surface area contributed by atoms with Crippen molar-refractivity contribution in [2.75, 3.05) is 18.0 Å². The summed E-state index contributed by atoms with van der Waals surface area (Å²) in [5, 5.41) is 5.86. The summed E-state index contributed by atoms with van der Waals surface area (Å²) < 4.78 is 0. The Hall–Kier alpha value is -2.32. The molecule has 4 nitrogen and oxygen atoms in total. The van der Waals surface area contributed by atoms with E-state index in [9.17, 15) is 4.79 Å². The average Bonchev–Trinajstić information content (AvgIpc) is 2.95. The van der Waals surface area contributed by atoms with Gasteiger partial charge < -0.3 is 10.2 Å². The van der Waals surface area contributed by atoms with Crippen LogP contribution in [0.5, 0.6) is 0 Å². The Morgan fingerprint density at radius 1 is 1.35 bits per heavy atom. The lowest BCUT2D eigenvalue weighted by molar-refractivity contribution is -0.116. The highest BCUT2D eigenvalue weighted by Crippen LogP contribution is 2.22. The number of carbonyl (C=O) groups excluding carboxylic acids is 1. The van der Waals surface area contributed by atoms with Crippen molar-refractivity contribution in [1.82, 2.24) is 10.3 Å². The number of aromatic nitrogens is 1. The van der Waals surface area contributed by atoms with E-state index in [1.165, 1.54) is 0 Å². The van der Waals surface area contributed by atoms with Crippen molar-refractivity contribution in [2.24, 2.45) is 0 Å². The van der Waals surface area contributed by atoms with E-state index in [0.29, 0.717) is 0 Å². The summed E-state index contributed by atoms with van der Waals surface area (Å²) in [6, 6.07) is 9.66. The molecule has 1 saturated heterocycles. The van der Waals surface area contributed by atoms with Gasteiger partial charge in [-0.25, -0.2) is 4.98 Å². The minimum atomic E-state index is -0.224. The number of benzene rings is 1. The number of thiazole rings is 1. The van der Waals surface area contributed by atoms with Crippen LogP contribution in [0.15, 0.2) is 41.9 Å². The number of anilines is 1. The molecule has 1 aliphatic heterocycles. The van der Waals surface area contributed by atoms with E-state index in [4.69, 9.17) is 0 Å². The summed E-state index contributed by atoms with van der Waals surface area (Å²) >= 11 is 1.61. The van der Waals surface area contributed by atoms with Gasteiger partial charge in [0.2, 0.25) is 0 Å². The van der Waals surface area contributed by atoms with Crippen LogP contribution < -0.4 is 10.2 Å². The second-order valence-electron chi connectivity index (χ2n) is 4.51. The molecule has 20 heavy (non-hydrogen) atoms. The molecule has 100 valence electrons. The number of rotatable bonds is 2. The Labute approximate surface area is 121 Å². The Bertz CT molecular complexity index is 637. The van der Waals surface area contributed by atoms with Gasteiger partial charge in [-0.2, -0.15) is 0 Å². The molecule has 1 aliphatic rings. The van der Waals surface area contributed by atoms with Crippen molar-refractivity contribution in [3.63, 3.8) is 0 Å². The van der Waals surface area contributed by atoms with Crippen LogP contribution in [0.4, 0.5) is 5.13 Å². The Morgan fingerprint density at radius 3 is 2.85 bits per heavy atom. The molecule has 0 unspecified atom stereocenters. The largest absolute Gasteiger partial charge is 0.344 e. The van der Waals surface area contributed by atoms with Gasteiger partial charge in [0.05, 0.1) is 6.04 Å². The van der Waals surface area contributed by atoms with Gasteiger partial charge in [0.25, 0.3) is 5.91 Å². The van der Waals surface area contributed by atoms with Crippen LogP contribution in [0.25, 0.3) is 0 Å². The molecular weight excluding hydrogens is 270 g/mol. The fourth-order valence-corrected chi connectivity index (χ4v) is 2.63. The first-order chi connectivity index (χ1) is 9.81. The van der Waals surface area contributed by atoms with E-state index in [1.54, 1.807) is 17.5 Å². The maximum Gasteiger partial charge on any atom is 0.296 e. The SMILES string of the molecule is O=C(C#Cc1ccccc1)NC1CN(c2nccs2)C1. The van der Waals surface area contributed by atoms with Crippen molar-refractivity contribution >= 4 is 22.4 Å². The number of nitrogens with zero attached hydrogens (tertiary/aromatic N) is 2. The van der Waals surface area contributed by atoms with Crippen LogP contribution in [-0.2, 0) is 4.79 Å². The second kappa shape index (κ2) is 5.76. The van der Waals surface area contributed by atoms with Crippen molar-refractivity contribution in [2.45, 2.75) is 6.04 Å². The van der Waals surface area contributed by atoms with Crippen LogP contribution >= 0.6 is 11.3 Å². The van der Waals surface area contributed by atoms with Crippen LogP contribution in [0.2, 0.25) is 0 Å². The second-order valence-corrected chi connectivity index (χ2v) is 5.38. The van der Waals surface area contributed by atoms with Crippen molar-refractivity contribution in [1.29, 1.82) is 0 Å². The highest BCUT2D eigenvalue weighted by atomic mass is 32.1. The van der Waals surface area contributed by atoms with Gasteiger partial charge in [-0.15, -0.1) is 11.3 Å². The van der Waals surface area contributed by atoms with E-state index >= 15 is 0 Å². The molecule has 0 aliphatic carbocycles. The minimum Gasteiger partial charge on any atom is -0.344 e. The highest BCUT2D eigenvalue weighted by Gasteiger charge is 2.29. The molecule has 0 radical (unpaired) electrons. The number of nitrogens with one attached hydrogen (secondary N) is 1. The Morgan fingerprint density at radius 2 is 2.15 bits per heavy atom. The van der Waals surface area contributed by atoms with Crippen molar-refractivity contribution in [3.05, 3.63) is 47.5 Å². The van der Waals surface area contributed by atoms with Crippen molar-refractivity contribution in [3.8, 4) is 11.8 Å². The van der Waals surface area contributed by atoms with E-state index < -0.39 is 0 Å². The van der Waals surface area contributed by atoms with Gasteiger partial charge in [0.1, 0.15) is 0 Å². The predicted molar refractivity (Wildman–Crippen MR) is 79.6 cm³/mol. The molecule has 1 N–H and O–H groups in total. The molecule has 0 bridgehead atoms. The van der Waals surface area contributed by atoms with E-state index in [2.05, 4.69) is 27.0 Å². The molecule has 1 amide bonds. The first-order valence-electron chi connectivity index (χ1n) is 6.33. The van der Waals surface area contributed by atoms with Gasteiger partial charge in [-0.1, -0.05) is 24.1 Å². The molecule has 2 aromatic rings. The Kier molecular flexibility index (Phi) is 3.66. The third kappa shape index (κ3) is 2.98. The lowest BCUT2D eigenvalue weighted by Gasteiger charge is -2.38. The van der Waals surface area contributed by atoms with Crippen LogP contribution in [0.1, 0.15) is 5.56 Å². The molecule has 0 atom stereocenters. The van der Waals surface area contributed by atoms with Gasteiger partial charge >= 0.3 is 0 Å². The third-order valence-electron chi connectivity index (χ3n) is 3.00. The first-order valence-corrected chi connectivity index (χ1v) is 7.21. The predicted octanol–water partition coefficient (Wildman–Crippen LogP) is 1.50. The van der Waals surface area contributed by atoms with Crippen LogP contribution in [0.3, 0.4) is 0 Å². The maximum absolute atomic E-state index is 11.7. The molecular formula is C15H13N3OS.